The van der Waals surface area contributed by atoms with Crippen LogP contribution in [0.25, 0.3) is 0 Å². The van der Waals surface area contributed by atoms with Gasteiger partial charge in [-0.25, -0.2) is 0 Å². The van der Waals surface area contributed by atoms with Crippen LogP contribution in [0.4, 0.5) is 0 Å². The summed E-state index contributed by atoms with van der Waals surface area (Å²) >= 11 is 5.55. The van der Waals surface area contributed by atoms with Crippen molar-refractivity contribution < 1.29 is 4.79 Å². The van der Waals surface area contributed by atoms with Gasteiger partial charge in [0, 0.05) is 18.6 Å². The second-order valence-electron chi connectivity index (χ2n) is 5.98. The first-order valence-electron chi connectivity index (χ1n) is 8.51. The van der Waals surface area contributed by atoms with Crippen molar-refractivity contribution in [3.63, 3.8) is 0 Å². The third kappa shape index (κ3) is 4.75. The van der Waals surface area contributed by atoms with Crippen molar-refractivity contribution in [1.82, 2.24) is 10.6 Å². The monoisotopic (exact) mass is 345 g/mol. The fraction of sp³-hybridized carbons (Fsp3) is 0.474. The van der Waals surface area contributed by atoms with E-state index in [-0.39, 0.29) is 11.6 Å². The maximum atomic E-state index is 11.9. The second kappa shape index (κ2) is 9.34. The lowest BCUT2D eigenvalue weighted by Crippen LogP contribution is -2.27. The predicted octanol–water partition coefficient (Wildman–Crippen LogP) is 3.37. The average molecular weight is 346 g/mol. The zero-order valence-electron chi connectivity index (χ0n) is 14.1. The molecule has 0 spiro atoms. The number of amides is 1. The highest BCUT2D eigenvalue weighted by Gasteiger charge is 2.14. The van der Waals surface area contributed by atoms with E-state index in [0.717, 1.165) is 12.8 Å². The molecule has 0 saturated heterocycles. The largest absolute Gasteiger partial charge is 0.383 e. The highest BCUT2D eigenvalue weighted by Crippen LogP contribution is 2.26. The van der Waals surface area contributed by atoms with Crippen LogP contribution in [0.5, 0.6) is 0 Å². The minimum absolute atomic E-state index is 0.0662. The number of aryl methyl sites for hydroxylation is 2. The number of nitriles is 1. The molecule has 1 amide bonds. The summed E-state index contributed by atoms with van der Waals surface area (Å²) in [5.74, 6) is -0.0733. The highest BCUT2D eigenvalue weighted by molar-refractivity contribution is 6.18. The number of benzene rings is 1. The predicted molar refractivity (Wildman–Crippen MR) is 96.7 cm³/mol. The topological polar surface area (TPSA) is 64.9 Å². The van der Waals surface area contributed by atoms with Gasteiger partial charge in [0.2, 0.25) is 0 Å². The summed E-state index contributed by atoms with van der Waals surface area (Å²) in [5, 5.41) is 15.0. The Hall–Kier alpha value is -1.99. The molecular formula is C19H24ClN3O. The molecule has 0 heterocycles. The smallest absolute Gasteiger partial charge is 0.263 e. The number of nitrogens with zero attached hydrogens (tertiary/aromatic N) is 1. The molecule has 128 valence electrons. The first kappa shape index (κ1) is 18.4. The SMILES string of the molecule is CCC(N/C=C(/C#N)C(=O)NCCCl)c1ccc2c(c1)CCCC2. The third-order valence-corrected chi connectivity index (χ3v) is 4.55. The van der Waals surface area contributed by atoms with Crippen molar-refractivity contribution >= 4 is 17.5 Å². The summed E-state index contributed by atoms with van der Waals surface area (Å²) in [6.07, 6.45) is 7.21. The van der Waals surface area contributed by atoms with E-state index >= 15 is 0 Å². The van der Waals surface area contributed by atoms with Crippen molar-refractivity contribution in [1.29, 1.82) is 5.26 Å². The number of rotatable bonds is 7. The van der Waals surface area contributed by atoms with Gasteiger partial charge in [-0.2, -0.15) is 5.26 Å². The van der Waals surface area contributed by atoms with Gasteiger partial charge >= 0.3 is 0 Å². The van der Waals surface area contributed by atoms with Crippen LogP contribution in [-0.4, -0.2) is 18.3 Å². The molecule has 4 nitrogen and oxygen atoms in total. The van der Waals surface area contributed by atoms with Gasteiger partial charge in [-0.15, -0.1) is 11.6 Å². The molecule has 1 aliphatic carbocycles. The van der Waals surface area contributed by atoms with Crippen molar-refractivity contribution in [2.45, 2.75) is 45.1 Å². The standard InChI is InChI=1S/C19H24ClN3O/c1-2-18(23-13-17(12-21)19(24)22-10-9-20)16-8-7-14-5-3-4-6-15(14)11-16/h7-8,11,13,18,23H,2-6,9-10H2,1H3,(H,22,24)/b17-13-. The van der Waals surface area contributed by atoms with Gasteiger partial charge in [0.25, 0.3) is 5.91 Å². The molecule has 0 radical (unpaired) electrons. The molecule has 0 aliphatic heterocycles. The number of carbonyl (C=O) groups is 1. The average Bonchev–Trinajstić information content (AvgIpc) is 2.63. The van der Waals surface area contributed by atoms with Crippen molar-refractivity contribution in [3.05, 3.63) is 46.7 Å². The molecule has 0 aromatic heterocycles. The lowest BCUT2D eigenvalue weighted by molar-refractivity contribution is -0.117. The Labute approximate surface area is 148 Å². The minimum Gasteiger partial charge on any atom is -0.383 e. The van der Waals surface area contributed by atoms with Gasteiger partial charge in [0.05, 0.1) is 6.04 Å². The van der Waals surface area contributed by atoms with Gasteiger partial charge in [0.1, 0.15) is 11.6 Å². The van der Waals surface area contributed by atoms with Gasteiger partial charge in [-0.3, -0.25) is 4.79 Å². The molecule has 1 aromatic carbocycles. The van der Waals surface area contributed by atoms with Crippen LogP contribution in [0, 0.1) is 11.3 Å². The summed E-state index contributed by atoms with van der Waals surface area (Å²) in [6.45, 7) is 2.44. The Morgan fingerprint density at radius 2 is 2.12 bits per heavy atom. The lowest BCUT2D eigenvalue weighted by Gasteiger charge is -2.21. The number of carbonyl (C=O) groups excluding carboxylic acids is 1. The van der Waals surface area contributed by atoms with E-state index in [2.05, 4.69) is 35.8 Å². The molecule has 0 fully saturated rings. The van der Waals surface area contributed by atoms with Crippen LogP contribution in [0.2, 0.25) is 0 Å². The molecule has 2 rings (SSSR count). The maximum absolute atomic E-state index is 11.9. The molecule has 2 N–H and O–H groups in total. The second-order valence-corrected chi connectivity index (χ2v) is 6.36. The quantitative estimate of drug-likeness (QED) is 0.452. The Morgan fingerprint density at radius 3 is 2.79 bits per heavy atom. The normalized spacial score (nSPS) is 15.1. The van der Waals surface area contributed by atoms with E-state index in [9.17, 15) is 4.79 Å². The van der Waals surface area contributed by atoms with Crippen LogP contribution in [0.15, 0.2) is 30.0 Å². The first-order chi connectivity index (χ1) is 11.7. The Morgan fingerprint density at radius 1 is 1.38 bits per heavy atom. The molecule has 1 aromatic rings. The molecule has 0 bridgehead atoms. The van der Waals surface area contributed by atoms with Gasteiger partial charge in [-0.1, -0.05) is 25.1 Å². The molecule has 5 heteroatoms. The van der Waals surface area contributed by atoms with Crippen molar-refractivity contribution in [3.8, 4) is 6.07 Å². The summed E-state index contributed by atoms with van der Waals surface area (Å²) in [4.78, 5) is 11.9. The number of halogens is 1. The van der Waals surface area contributed by atoms with Gasteiger partial charge in [-0.05, 0) is 48.8 Å². The number of hydrogen-bond acceptors (Lipinski definition) is 3. The Balaban J connectivity index is 2.09. The fourth-order valence-electron chi connectivity index (χ4n) is 3.01. The third-order valence-electron chi connectivity index (χ3n) is 4.36. The summed E-state index contributed by atoms with van der Waals surface area (Å²) in [5.41, 5.74) is 4.15. The number of fused-ring (bicyclic) bond motifs is 1. The van der Waals surface area contributed by atoms with E-state index in [0.29, 0.717) is 12.4 Å². The zero-order valence-corrected chi connectivity index (χ0v) is 14.8. The van der Waals surface area contributed by atoms with Crippen LogP contribution in [0.1, 0.15) is 48.9 Å². The zero-order chi connectivity index (χ0) is 17.4. The Kier molecular flexibility index (Phi) is 7.14. The highest BCUT2D eigenvalue weighted by atomic mass is 35.5. The van der Waals surface area contributed by atoms with E-state index in [1.807, 2.05) is 6.07 Å². The molecule has 1 aliphatic rings. The molecule has 24 heavy (non-hydrogen) atoms. The van der Waals surface area contributed by atoms with E-state index in [4.69, 9.17) is 16.9 Å². The van der Waals surface area contributed by atoms with Crippen LogP contribution < -0.4 is 10.6 Å². The van der Waals surface area contributed by atoms with Crippen LogP contribution in [0.3, 0.4) is 0 Å². The summed E-state index contributed by atoms with van der Waals surface area (Å²) in [6, 6.07) is 8.66. The minimum atomic E-state index is -0.397. The van der Waals surface area contributed by atoms with E-state index < -0.39 is 5.91 Å². The summed E-state index contributed by atoms with van der Waals surface area (Å²) in [7, 11) is 0. The molecular weight excluding hydrogens is 322 g/mol. The maximum Gasteiger partial charge on any atom is 0.263 e. The van der Waals surface area contributed by atoms with Gasteiger partial charge in [0.15, 0.2) is 0 Å². The van der Waals surface area contributed by atoms with Crippen molar-refractivity contribution in [2.24, 2.45) is 0 Å². The number of alkyl halides is 1. The van der Waals surface area contributed by atoms with E-state index in [1.165, 1.54) is 42.2 Å². The molecule has 1 unspecified atom stereocenters. The number of hydrogen-bond donors (Lipinski definition) is 2. The lowest BCUT2D eigenvalue weighted by atomic mass is 9.89. The Bertz CT molecular complexity index is 649. The van der Waals surface area contributed by atoms with Crippen LogP contribution in [-0.2, 0) is 17.6 Å². The fourth-order valence-corrected chi connectivity index (χ4v) is 3.10. The molecule has 0 saturated carbocycles. The number of nitrogens with one attached hydrogen (secondary N) is 2. The molecule has 1 atom stereocenters. The summed E-state index contributed by atoms with van der Waals surface area (Å²) < 4.78 is 0. The van der Waals surface area contributed by atoms with Crippen LogP contribution >= 0.6 is 11.6 Å². The van der Waals surface area contributed by atoms with E-state index in [1.54, 1.807) is 0 Å². The van der Waals surface area contributed by atoms with Crippen molar-refractivity contribution in [2.75, 3.05) is 12.4 Å². The van der Waals surface area contributed by atoms with Gasteiger partial charge < -0.3 is 10.6 Å². The first-order valence-corrected chi connectivity index (χ1v) is 9.05.